The Morgan fingerprint density at radius 3 is 1.29 bits per heavy atom. The lowest BCUT2D eigenvalue weighted by molar-refractivity contribution is -0.153. The zero-order valence-electron chi connectivity index (χ0n) is 30.8. The Hall–Kier alpha value is -6.04. The predicted octanol–water partition coefficient (Wildman–Crippen LogP) is 6.29. The van der Waals surface area contributed by atoms with Crippen molar-refractivity contribution in [2.45, 2.75) is 62.8 Å². The smallest absolute Gasteiger partial charge is 0.259 e. The van der Waals surface area contributed by atoms with Crippen LogP contribution in [0, 0.1) is 0 Å². The molecule has 55 heavy (non-hydrogen) atoms. The van der Waals surface area contributed by atoms with E-state index in [4.69, 9.17) is 4.42 Å². The number of hydrogen-bond donors (Lipinski definition) is 4. The number of anilines is 2. The monoisotopic (exact) mass is 740 g/mol. The largest absolute Gasteiger partial charge is 0.456 e. The van der Waals surface area contributed by atoms with Crippen LogP contribution in [0.3, 0.4) is 0 Å². The Labute approximate surface area is 319 Å². The van der Waals surface area contributed by atoms with Gasteiger partial charge in [0, 0.05) is 35.6 Å². The summed E-state index contributed by atoms with van der Waals surface area (Å²) in [5.41, 5.74) is 0.180. The van der Waals surface area contributed by atoms with Crippen LogP contribution >= 0.6 is 0 Å². The number of amides is 4. The zero-order valence-corrected chi connectivity index (χ0v) is 30.8. The second-order valence-corrected chi connectivity index (χ2v) is 14.5. The van der Waals surface area contributed by atoms with E-state index in [9.17, 15) is 29.4 Å². The molecule has 2 saturated heterocycles. The van der Waals surface area contributed by atoms with Crippen molar-refractivity contribution < 1.29 is 33.8 Å². The molecule has 11 nitrogen and oxygen atoms in total. The van der Waals surface area contributed by atoms with Crippen LogP contribution in [0.1, 0.15) is 50.7 Å². The van der Waals surface area contributed by atoms with E-state index in [1.165, 1.54) is 23.6 Å². The summed E-state index contributed by atoms with van der Waals surface area (Å²) in [6.45, 7) is 3.70. The second kappa shape index (κ2) is 15.4. The highest BCUT2D eigenvalue weighted by molar-refractivity contribution is 6.00. The molecule has 3 heterocycles. The summed E-state index contributed by atoms with van der Waals surface area (Å²) in [6, 6.07) is 34.2. The van der Waals surface area contributed by atoms with E-state index >= 15 is 0 Å². The summed E-state index contributed by atoms with van der Waals surface area (Å²) in [6.07, 6.45) is 2.33. The highest BCUT2D eigenvalue weighted by Crippen LogP contribution is 2.33. The third kappa shape index (κ3) is 7.67. The molecule has 0 radical (unpaired) electrons. The topological polar surface area (TPSA) is 152 Å². The van der Waals surface area contributed by atoms with Crippen molar-refractivity contribution in [2.24, 2.45) is 0 Å². The van der Waals surface area contributed by atoms with E-state index in [2.05, 4.69) is 10.6 Å². The standard InChI is InChI=1S/C44H44N4O7/c1-43(53,31-11-5-3-6-12-31)41(51)47-27-9-15-35(47)39(49)45-33-21-17-29(18-22-33)37-25-26-38(55-37)30-19-23-34(24-20-30)46-40(50)36-16-10-28-48(36)42(52)44(2,54)32-13-7-4-8-14-32/h3-8,11-14,17-26,35-36,53-54H,9-10,15-16,27-28H2,1-2H3,(H,45,49)(H,46,50)/t35?,36?,43-,44-/m0/s1. The fourth-order valence-corrected chi connectivity index (χ4v) is 7.43. The van der Waals surface area contributed by atoms with Gasteiger partial charge in [-0.05, 0) is 111 Å². The molecule has 2 aliphatic heterocycles. The first-order chi connectivity index (χ1) is 26.4. The maximum absolute atomic E-state index is 13.4. The van der Waals surface area contributed by atoms with Crippen molar-refractivity contribution in [3.05, 3.63) is 132 Å². The van der Waals surface area contributed by atoms with E-state index in [0.29, 0.717) is 72.8 Å². The Bertz CT molecular complexity index is 2010. The first-order valence-electron chi connectivity index (χ1n) is 18.5. The molecule has 0 saturated carbocycles. The van der Waals surface area contributed by atoms with E-state index in [-0.39, 0.29) is 11.8 Å². The van der Waals surface area contributed by atoms with Gasteiger partial charge in [0.15, 0.2) is 11.2 Å². The van der Waals surface area contributed by atoms with Gasteiger partial charge in [0.2, 0.25) is 11.8 Å². The molecule has 1 aromatic heterocycles. The third-order valence-corrected chi connectivity index (χ3v) is 10.6. The summed E-state index contributed by atoms with van der Waals surface area (Å²) in [4.78, 5) is 56.4. The molecule has 11 heteroatoms. The minimum Gasteiger partial charge on any atom is -0.456 e. The minimum atomic E-state index is -1.75. The quantitative estimate of drug-likeness (QED) is 0.131. The van der Waals surface area contributed by atoms with Gasteiger partial charge in [0.1, 0.15) is 23.6 Å². The highest BCUT2D eigenvalue weighted by Gasteiger charge is 2.44. The van der Waals surface area contributed by atoms with Gasteiger partial charge < -0.3 is 35.1 Å². The van der Waals surface area contributed by atoms with E-state index in [0.717, 1.165) is 11.1 Å². The van der Waals surface area contributed by atoms with Crippen LogP contribution in [0.5, 0.6) is 0 Å². The molecule has 5 aromatic rings. The van der Waals surface area contributed by atoms with Gasteiger partial charge in [-0.2, -0.15) is 0 Å². The maximum Gasteiger partial charge on any atom is 0.259 e. The van der Waals surface area contributed by atoms with Crippen molar-refractivity contribution >= 4 is 35.0 Å². The Morgan fingerprint density at radius 2 is 0.927 bits per heavy atom. The van der Waals surface area contributed by atoms with Crippen molar-refractivity contribution in [1.82, 2.24) is 9.80 Å². The number of nitrogens with one attached hydrogen (secondary N) is 2. The van der Waals surface area contributed by atoms with Gasteiger partial charge in [-0.3, -0.25) is 19.2 Å². The van der Waals surface area contributed by atoms with Gasteiger partial charge in [-0.1, -0.05) is 60.7 Å². The highest BCUT2D eigenvalue weighted by atomic mass is 16.3. The Balaban J connectivity index is 0.950. The SMILES string of the molecule is C[C@@](O)(C(=O)N1CCCC1C(=O)Nc1ccc(-c2ccc(-c3ccc(NC(=O)C4CCCN4C(=O)[C@@](C)(O)c4ccccc4)cc3)o2)cc1)c1ccccc1. The summed E-state index contributed by atoms with van der Waals surface area (Å²) in [7, 11) is 0. The lowest BCUT2D eigenvalue weighted by Crippen LogP contribution is -2.50. The number of rotatable bonds is 10. The van der Waals surface area contributed by atoms with Gasteiger partial charge in [-0.25, -0.2) is 0 Å². The van der Waals surface area contributed by atoms with Gasteiger partial charge in [0.05, 0.1) is 0 Å². The predicted molar refractivity (Wildman–Crippen MR) is 208 cm³/mol. The summed E-state index contributed by atoms with van der Waals surface area (Å²) < 4.78 is 6.17. The lowest BCUT2D eigenvalue weighted by Gasteiger charge is -2.31. The molecule has 0 spiro atoms. The molecular weight excluding hydrogens is 697 g/mol. The fourth-order valence-electron chi connectivity index (χ4n) is 7.43. The molecule has 7 rings (SSSR count). The molecule has 4 amide bonds. The Kier molecular flexibility index (Phi) is 10.4. The van der Waals surface area contributed by atoms with Crippen LogP contribution in [0.4, 0.5) is 11.4 Å². The molecular formula is C44H44N4O7. The van der Waals surface area contributed by atoms with Crippen molar-refractivity contribution in [3.63, 3.8) is 0 Å². The molecule has 2 unspecified atom stereocenters. The maximum atomic E-state index is 13.4. The average Bonchev–Trinajstić information content (AvgIpc) is 4.01. The van der Waals surface area contributed by atoms with Crippen molar-refractivity contribution in [1.29, 1.82) is 0 Å². The minimum absolute atomic E-state index is 0.312. The zero-order chi connectivity index (χ0) is 38.7. The van der Waals surface area contributed by atoms with E-state index in [1.54, 1.807) is 72.8 Å². The van der Waals surface area contributed by atoms with Crippen LogP contribution in [-0.4, -0.2) is 68.8 Å². The fraction of sp³-hybridized carbons (Fsp3) is 0.273. The van der Waals surface area contributed by atoms with Gasteiger partial charge in [-0.15, -0.1) is 0 Å². The van der Waals surface area contributed by atoms with Crippen LogP contribution < -0.4 is 10.6 Å². The van der Waals surface area contributed by atoms with Crippen LogP contribution in [-0.2, 0) is 30.4 Å². The Morgan fingerprint density at radius 1 is 0.564 bits per heavy atom. The summed E-state index contributed by atoms with van der Waals surface area (Å²) in [5, 5.41) is 28.1. The first kappa shape index (κ1) is 37.3. The van der Waals surface area contributed by atoms with E-state index < -0.39 is 35.1 Å². The number of likely N-dealkylation sites (tertiary alicyclic amines) is 2. The molecule has 4 aromatic carbocycles. The van der Waals surface area contributed by atoms with Crippen LogP contribution in [0.25, 0.3) is 22.6 Å². The number of benzene rings is 4. The molecule has 4 atom stereocenters. The number of carbonyl (C=O) groups excluding carboxylic acids is 4. The normalized spacial score (nSPS) is 19.0. The molecule has 4 N–H and O–H groups in total. The third-order valence-electron chi connectivity index (χ3n) is 10.6. The molecule has 2 aliphatic rings. The number of hydrogen-bond acceptors (Lipinski definition) is 7. The molecule has 0 bridgehead atoms. The van der Waals surface area contributed by atoms with Crippen LogP contribution in [0.15, 0.2) is 126 Å². The van der Waals surface area contributed by atoms with Gasteiger partial charge in [0.25, 0.3) is 11.8 Å². The number of carbonyl (C=O) groups is 4. The number of aliphatic hydroxyl groups is 2. The molecule has 2 fully saturated rings. The summed E-state index contributed by atoms with van der Waals surface area (Å²) in [5.74, 6) is -0.380. The number of furan rings is 1. The van der Waals surface area contributed by atoms with Crippen molar-refractivity contribution in [3.8, 4) is 22.6 Å². The van der Waals surface area contributed by atoms with E-state index in [1.807, 2.05) is 48.5 Å². The average molecular weight is 741 g/mol. The second-order valence-electron chi connectivity index (χ2n) is 14.5. The molecule has 282 valence electrons. The molecule has 0 aliphatic carbocycles. The first-order valence-corrected chi connectivity index (χ1v) is 18.5. The summed E-state index contributed by atoms with van der Waals surface area (Å²) >= 11 is 0. The number of nitrogens with zero attached hydrogens (tertiary/aromatic N) is 2. The lowest BCUT2D eigenvalue weighted by atomic mass is 9.94. The van der Waals surface area contributed by atoms with Crippen LogP contribution in [0.2, 0.25) is 0 Å². The van der Waals surface area contributed by atoms with Gasteiger partial charge >= 0.3 is 0 Å². The van der Waals surface area contributed by atoms with Crippen molar-refractivity contribution in [2.75, 3.05) is 23.7 Å².